The van der Waals surface area contributed by atoms with Gasteiger partial charge < -0.3 is 63.2 Å². The highest BCUT2D eigenvalue weighted by molar-refractivity contribution is 5.92. The highest BCUT2D eigenvalue weighted by Gasteiger charge is 2.26. The van der Waals surface area contributed by atoms with Gasteiger partial charge in [0.1, 0.15) is 35.3 Å². The van der Waals surface area contributed by atoms with Crippen molar-refractivity contribution in [2.75, 3.05) is 11.5 Å². The molecule has 20 nitrogen and oxygen atoms in total. The van der Waals surface area contributed by atoms with Crippen LogP contribution in [0.15, 0.2) is 128 Å². The number of aliphatic carboxylic acids is 2. The number of nitrogens with two attached hydrogens (primary N) is 4. The lowest BCUT2D eigenvalue weighted by molar-refractivity contribution is -0.142. The van der Waals surface area contributed by atoms with E-state index in [1.54, 1.807) is 72.8 Å². The number of anilines is 2. The highest BCUT2D eigenvalue weighted by atomic mass is 16.4. The maximum Gasteiger partial charge on any atom is 0.336 e. The van der Waals surface area contributed by atoms with Gasteiger partial charge in [0.05, 0.1) is 12.1 Å². The summed E-state index contributed by atoms with van der Waals surface area (Å²) in [6.07, 6.45) is 0.325. The van der Waals surface area contributed by atoms with Crippen molar-refractivity contribution in [2.24, 2.45) is 11.5 Å². The SMILES string of the molecule is C[C@H](N)C(=O)N[C@@H](C)C(=O)N[C@@H](Cc1ccccc1)C(=O)O.C[C@H](N)C(=O)N[C@@H](C)C(=O)N[C@@H](Cc1ccccc1)C(=O)O.Cc1cc(=O)oc2cc(N)ccc12.Cc1cc(=O)oc2cc(N)ccc12. The Morgan fingerprint density at radius 1 is 0.500 bits per heavy atom. The maximum absolute atomic E-state index is 12.0. The molecule has 0 saturated heterocycles. The molecule has 20 heteroatoms. The molecular weight excluding hydrogens is 905 g/mol. The monoisotopic (exact) mass is 964 g/mol. The molecule has 2 aromatic heterocycles. The Kier molecular flexibility index (Phi) is 21.5. The first-order valence-corrected chi connectivity index (χ1v) is 21.8. The second-order valence-corrected chi connectivity index (χ2v) is 16.2. The van der Waals surface area contributed by atoms with Crippen LogP contribution < -0.4 is 55.5 Å². The smallest absolute Gasteiger partial charge is 0.336 e. The second kappa shape index (κ2) is 26.8. The molecular formula is C50H60N8O12. The third-order valence-corrected chi connectivity index (χ3v) is 10.1. The van der Waals surface area contributed by atoms with Crippen LogP contribution in [0, 0.1) is 13.8 Å². The molecule has 0 fully saturated rings. The van der Waals surface area contributed by atoms with E-state index in [4.69, 9.17) is 31.8 Å². The Labute approximate surface area is 402 Å². The van der Waals surface area contributed by atoms with Crippen LogP contribution in [0.4, 0.5) is 11.4 Å². The molecule has 2 heterocycles. The van der Waals surface area contributed by atoms with Gasteiger partial charge in [-0.15, -0.1) is 0 Å². The van der Waals surface area contributed by atoms with Crippen molar-refractivity contribution in [3.05, 3.63) is 152 Å². The fourth-order valence-corrected chi connectivity index (χ4v) is 6.20. The van der Waals surface area contributed by atoms with Gasteiger partial charge in [-0.25, -0.2) is 19.2 Å². The number of nitrogen functional groups attached to an aromatic ring is 2. The van der Waals surface area contributed by atoms with Gasteiger partial charge in [0, 0.05) is 59.3 Å². The van der Waals surface area contributed by atoms with E-state index in [1.807, 2.05) is 38.1 Å². The lowest BCUT2D eigenvalue weighted by atomic mass is 10.1. The van der Waals surface area contributed by atoms with E-state index in [2.05, 4.69) is 21.3 Å². The van der Waals surface area contributed by atoms with Gasteiger partial charge in [-0.2, -0.15) is 0 Å². The van der Waals surface area contributed by atoms with Gasteiger partial charge in [-0.05, 0) is 88.1 Å². The first kappa shape index (κ1) is 56.0. The number of carboxylic acids is 2. The van der Waals surface area contributed by atoms with Crippen LogP contribution in [-0.2, 0) is 41.6 Å². The number of hydrogen-bond donors (Lipinski definition) is 10. The molecule has 70 heavy (non-hydrogen) atoms. The molecule has 0 bridgehead atoms. The quantitative estimate of drug-likeness (QED) is 0.0554. The normalized spacial score (nSPS) is 13.0. The zero-order chi connectivity index (χ0) is 52.2. The molecule has 0 aliphatic rings. The summed E-state index contributed by atoms with van der Waals surface area (Å²) < 4.78 is 9.98. The average Bonchev–Trinajstić information content (AvgIpc) is 3.29. The molecule has 372 valence electrons. The molecule has 0 unspecified atom stereocenters. The fraction of sp³-hybridized carbons (Fsp3) is 0.280. The molecule has 14 N–H and O–H groups in total. The Balaban J connectivity index is 0.000000253. The predicted molar refractivity (Wildman–Crippen MR) is 265 cm³/mol. The number of fused-ring (bicyclic) bond motifs is 2. The first-order valence-electron chi connectivity index (χ1n) is 21.8. The van der Waals surface area contributed by atoms with Gasteiger partial charge in [-0.3, -0.25) is 19.2 Å². The molecule has 0 aliphatic heterocycles. The van der Waals surface area contributed by atoms with E-state index in [1.165, 1.54) is 39.8 Å². The Morgan fingerprint density at radius 3 is 1.13 bits per heavy atom. The van der Waals surface area contributed by atoms with Gasteiger partial charge in [0.25, 0.3) is 0 Å². The van der Waals surface area contributed by atoms with Crippen LogP contribution in [0.3, 0.4) is 0 Å². The molecule has 0 aliphatic carbocycles. The Hall–Kier alpha value is -8.36. The lowest BCUT2D eigenvalue weighted by Gasteiger charge is -2.19. The lowest BCUT2D eigenvalue weighted by Crippen LogP contribution is -2.53. The number of rotatable bonds is 14. The summed E-state index contributed by atoms with van der Waals surface area (Å²) in [6, 6.07) is 26.1. The maximum atomic E-state index is 12.0. The number of nitrogens with one attached hydrogen (secondary N) is 4. The van der Waals surface area contributed by atoms with Gasteiger partial charge in [-0.1, -0.05) is 60.7 Å². The molecule has 6 atom stereocenters. The minimum absolute atomic E-state index is 0.163. The zero-order valence-electron chi connectivity index (χ0n) is 39.6. The number of aryl methyl sites for hydroxylation is 2. The Bertz CT molecular complexity index is 2670. The van der Waals surface area contributed by atoms with Crippen LogP contribution in [0.25, 0.3) is 21.9 Å². The third-order valence-electron chi connectivity index (χ3n) is 10.1. The second-order valence-electron chi connectivity index (χ2n) is 16.2. The summed E-state index contributed by atoms with van der Waals surface area (Å²) in [7, 11) is 0. The minimum Gasteiger partial charge on any atom is -0.480 e. The summed E-state index contributed by atoms with van der Waals surface area (Å²) in [5, 5.41) is 29.9. The van der Waals surface area contributed by atoms with Crippen LogP contribution in [0.5, 0.6) is 0 Å². The van der Waals surface area contributed by atoms with Crippen molar-refractivity contribution in [2.45, 2.75) is 90.6 Å². The summed E-state index contributed by atoms with van der Waals surface area (Å²) in [6.45, 7) is 9.67. The minimum atomic E-state index is -1.14. The number of hydrogen-bond acceptors (Lipinski definition) is 14. The van der Waals surface area contributed by atoms with E-state index in [0.717, 1.165) is 33.0 Å². The van der Waals surface area contributed by atoms with Crippen molar-refractivity contribution >= 4 is 68.9 Å². The number of carbonyl (C=O) groups excluding carboxylic acids is 4. The highest BCUT2D eigenvalue weighted by Crippen LogP contribution is 2.19. The summed E-state index contributed by atoms with van der Waals surface area (Å²) in [5.41, 5.74) is 26.9. The van der Waals surface area contributed by atoms with E-state index in [0.29, 0.717) is 22.5 Å². The van der Waals surface area contributed by atoms with Crippen LogP contribution >= 0.6 is 0 Å². The summed E-state index contributed by atoms with van der Waals surface area (Å²) in [5.74, 6) is -4.37. The summed E-state index contributed by atoms with van der Waals surface area (Å²) >= 11 is 0. The number of amides is 4. The number of carboxylic acid groups (broad SMARTS) is 2. The molecule has 4 amide bonds. The van der Waals surface area contributed by atoms with E-state index in [9.17, 15) is 48.6 Å². The largest absolute Gasteiger partial charge is 0.480 e. The Morgan fingerprint density at radius 2 is 0.829 bits per heavy atom. The van der Waals surface area contributed by atoms with Crippen molar-refractivity contribution in [1.82, 2.24) is 21.3 Å². The molecule has 0 radical (unpaired) electrons. The zero-order valence-corrected chi connectivity index (χ0v) is 39.6. The van der Waals surface area contributed by atoms with Gasteiger partial charge in [0.15, 0.2) is 0 Å². The molecule has 6 rings (SSSR count). The molecule has 0 saturated carbocycles. The standard InChI is InChI=1S/2C15H21N3O4.2C10H9NO2/c2*1-9(16)13(19)17-10(2)14(20)18-12(15(21)22)8-11-6-4-3-5-7-11;2*1-6-4-10(12)13-9-5-7(11)2-3-8(6)9/h2*3-7,9-10,12H,8,16H2,1-2H3,(H,17,19)(H,18,20)(H,21,22);2*2-5H,11H2,1H3/t2*9-,10-,12-;;/m00../s1. The fourth-order valence-electron chi connectivity index (χ4n) is 6.20. The van der Waals surface area contributed by atoms with Gasteiger partial charge in [0.2, 0.25) is 23.6 Å². The topological polar surface area (TPSA) is 355 Å². The van der Waals surface area contributed by atoms with Crippen LogP contribution in [0.1, 0.15) is 49.9 Å². The number of carbonyl (C=O) groups is 6. The van der Waals surface area contributed by atoms with Crippen LogP contribution in [-0.4, -0.2) is 82.0 Å². The molecule has 4 aromatic carbocycles. The number of benzene rings is 4. The van der Waals surface area contributed by atoms with E-state index in [-0.39, 0.29) is 24.1 Å². The first-order chi connectivity index (χ1) is 32.9. The molecule has 0 spiro atoms. The van der Waals surface area contributed by atoms with Gasteiger partial charge >= 0.3 is 23.2 Å². The van der Waals surface area contributed by atoms with Crippen LogP contribution in [0.2, 0.25) is 0 Å². The predicted octanol–water partition coefficient (Wildman–Crippen LogP) is 2.67. The summed E-state index contributed by atoms with van der Waals surface area (Å²) in [4.78, 5) is 91.4. The third kappa shape index (κ3) is 18.4. The van der Waals surface area contributed by atoms with Crippen molar-refractivity contribution in [1.29, 1.82) is 0 Å². The van der Waals surface area contributed by atoms with E-state index < -0.39 is 71.8 Å². The van der Waals surface area contributed by atoms with E-state index >= 15 is 0 Å². The average molecular weight is 965 g/mol. The van der Waals surface area contributed by atoms with Crippen molar-refractivity contribution in [3.63, 3.8) is 0 Å². The van der Waals surface area contributed by atoms with Crippen molar-refractivity contribution < 1.29 is 47.8 Å². The van der Waals surface area contributed by atoms with Crippen molar-refractivity contribution in [3.8, 4) is 0 Å². The molecule has 6 aromatic rings.